The lowest BCUT2D eigenvalue weighted by molar-refractivity contribution is 1.09. The molecule has 0 aliphatic rings. The van der Waals surface area contributed by atoms with E-state index in [4.69, 9.17) is 11.0 Å². The van der Waals surface area contributed by atoms with E-state index in [1.54, 1.807) is 12.1 Å². The number of nitrogens with two attached hydrogens (primary N) is 1. The highest BCUT2D eigenvalue weighted by atomic mass is 32.1. The van der Waals surface area contributed by atoms with Gasteiger partial charge in [0.2, 0.25) is 5.13 Å². The molecule has 0 radical (unpaired) electrons. The number of hydrogen-bond donors (Lipinski definition) is 1. The van der Waals surface area contributed by atoms with Gasteiger partial charge in [-0.25, -0.2) is 0 Å². The molecule has 2 aromatic rings. The number of nitrogen functional groups attached to an aromatic ring is 1. The van der Waals surface area contributed by atoms with E-state index in [1.165, 1.54) is 17.5 Å². The van der Waals surface area contributed by atoms with Crippen molar-refractivity contribution in [3.8, 4) is 16.8 Å². The number of nitriles is 1. The highest BCUT2D eigenvalue weighted by Gasteiger charge is 2.05. The van der Waals surface area contributed by atoms with Crippen LogP contribution in [0.4, 0.5) is 5.13 Å². The van der Waals surface area contributed by atoms with Crippen molar-refractivity contribution in [1.82, 2.24) is 15.2 Å². The molecule has 0 aliphatic heterocycles. The maximum atomic E-state index is 8.57. The molecule has 0 atom stereocenters. The highest BCUT2D eigenvalue weighted by Crippen LogP contribution is 2.22. The van der Waals surface area contributed by atoms with E-state index in [-0.39, 0.29) is 0 Å². The summed E-state index contributed by atoms with van der Waals surface area (Å²) in [6.07, 6.45) is 1.49. The summed E-state index contributed by atoms with van der Waals surface area (Å²) in [6.45, 7) is 0. The first-order valence-corrected chi connectivity index (χ1v) is 4.57. The van der Waals surface area contributed by atoms with Crippen LogP contribution in [0.25, 0.3) is 10.7 Å². The van der Waals surface area contributed by atoms with Crippen LogP contribution in [0.5, 0.6) is 0 Å². The number of nitrogens with zero attached hydrogens (tertiary/aromatic N) is 4. The molecule has 0 aliphatic carbocycles. The van der Waals surface area contributed by atoms with Gasteiger partial charge in [0.1, 0.15) is 11.8 Å². The molecular formula is C8H5N5S. The van der Waals surface area contributed by atoms with Crippen molar-refractivity contribution in [3.63, 3.8) is 0 Å². The molecule has 2 N–H and O–H groups in total. The predicted octanol–water partition coefficient (Wildman–Crippen LogP) is 1.05. The summed E-state index contributed by atoms with van der Waals surface area (Å²) < 4.78 is 0. The SMILES string of the molecule is N#Cc1ccc(-c2nnc(N)s2)nc1. The molecule has 68 valence electrons. The van der Waals surface area contributed by atoms with Crippen molar-refractivity contribution >= 4 is 16.5 Å². The lowest BCUT2D eigenvalue weighted by Gasteiger charge is -1.92. The van der Waals surface area contributed by atoms with Crippen LogP contribution in [-0.4, -0.2) is 15.2 Å². The molecule has 0 aromatic carbocycles. The van der Waals surface area contributed by atoms with Crippen LogP contribution in [0.15, 0.2) is 18.3 Å². The summed E-state index contributed by atoms with van der Waals surface area (Å²) in [5.74, 6) is 0. The summed E-state index contributed by atoms with van der Waals surface area (Å²) in [7, 11) is 0. The Labute approximate surface area is 83.9 Å². The van der Waals surface area contributed by atoms with Gasteiger partial charge in [0, 0.05) is 6.20 Å². The van der Waals surface area contributed by atoms with E-state index < -0.39 is 0 Å². The third-order valence-corrected chi connectivity index (χ3v) is 2.33. The Morgan fingerprint density at radius 3 is 2.71 bits per heavy atom. The molecule has 2 rings (SSSR count). The smallest absolute Gasteiger partial charge is 0.203 e. The highest BCUT2D eigenvalue weighted by molar-refractivity contribution is 7.18. The Bertz CT molecular complexity index is 481. The lowest BCUT2D eigenvalue weighted by atomic mass is 10.3. The first kappa shape index (κ1) is 8.59. The predicted molar refractivity (Wildman–Crippen MR) is 52.3 cm³/mol. The van der Waals surface area contributed by atoms with Gasteiger partial charge in [-0.2, -0.15) is 5.26 Å². The third-order valence-electron chi connectivity index (χ3n) is 1.55. The minimum atomic E-state index is 0.408. The number of hydrogen-bond acceptors (Lipinski definition) is 6. The van der Waals surface area contributed by atoms with E-state index >= 15 is 0 Å². The Morgan fingerprint density at radius 1 is 1.36 bits per heavy atom. The van der Waals surface area contributed by atoms with Gasteiger partial charge in [0.05, 0.1) is 5.56 Å². The fourth-order valence-electron chi connectivity index (χ4n) is 0.925. The maximum Gasteiger partial charge on any atom is 0.203 e. The molecule has 0 amide bonds. The molecule has 0 saturated heterocycles. The molecule has 6 heteroatoms. The number of aromatic nitrogens is 3. The van der Waals surface area contributed by atoms with Crippen LogP contribution in [0.1, 0.15) is 5.56 Å². The fraction of sp³-hybridized carbons (Fsp3) is 0. The van der Waals surface area contributed by atoms with Gasteiger partial charge in [0.15, 0.2) is 5.01 Å². The van der Waals surface area contributed by atoms with Gasteiger partial charge in [-0.15, -0.1) is 10.2 Å². The molecule has 14 heavy (non-hydrogen) atoms. The zero-order chi connectivity index (χ0) is 9.97. The quantitative estimate of drug-likeness (QED) is 0.748. The minimum absolute atomic E-state index is 0.408. The second-order valence-corrected chi connectivity index (χ2v) is 3.50. The summed E-state index contributed by atoms with van der Waals surface area (Å²) in [6, 6.07) is 5.39. The molecule has 0 spiro atoms. The summed E-state index contributed by atoms with van der Waals surface area (Å²) in [5, 5.41) is 17.2. The third kappa shape index (κ3) is 1.53. The monoisotopic (exact) mass is 203 g/mol. The van der Waals surface area contributed by atoms with Gasteiger partial charge < -0.3 is 5.73 Å². The van der Waals surface area contributed by atoms with Crippen LogP contribution in [0.3, 0.4) is 0 Å². The van der Waals surface area contributed by atoms with Crippen molar-refractivity contribution in [2.45, 2.75) is 0 Å². The Kier molecular flexibility index (Phi) is 2.08. The summed E-state index contributed by atoms with van der Waals surface area (Å²) >= 11 is 1.26. The van der Waals surface area contributed by atoms with Crippen molar-refractivity contribution in [3.05, 3.63) is 23.9 Å². The normalized spacial score (nSPS) is 9.64. The molecule has 2 aromatic heterocycles. The van der Waals surface area contributed by atoms with Crippen molar-refractivity contribution in [2.24, 2.45) is 0 Å². The van der Waals surface area contributed by atoms with Crippen LogP contribution in [0, 0.1) is 11.3 Å². The average molecular weight is 203 g/mol. The molecule has 0 fully saturated rings. The second kappa shape index (κ2) is 3.40. The molecule has 5 nitrogen and oxygen atoms in total. The van der Waals surface area contributed by atoms with Gasteiger partial charge in [-0.1, -0.05) is 11.3 Å². The van der Waals surface area contributed by atoms with Crippen LogP contribution in [0.2, 0.25) is 0 Å². The zero-order valence-corrected chi connectivity index (χ0v) is 7.82. The van der Waals surface area contributed by atoms with Crippen molar-refractivity contribution in [1.29, 1.82) is 5.26 Å². The van der Waals surface area contributed by atoms with Gasteiger partial charge >= 0.3 is 0 Å². The molecular weight excluding hydrogens is 198 g/mol. The second-order valence-electron chi connectivity index (χ2n) is 2.49. The fourth-order valence-corrected chi connectivity index (χ4v) is 1.51. The van der Waals surface area contributed by atoms with Crippen LogP contribution < -0.4 is 5.73 Å². The van der Waals surface area contributed by atoms with Gasteiger partial charge in [-0.05, 0) is 12.1 Å². The maximum absolute atomic E-state index is 8.57. The summed E-state index contributed by atoms with van der Waals surface area (Å²) in [4.78, 5) is 4.06. The topological polar surface area (TPSA) is 88.5 Å². The van der Waals surface area contributed by atoms with Crippen LogP contribution in [-0.2, 0) is 0 Å². The number of rotatable bonds is 1. The van der Waals surface area contributed by atoms with Crippen molar-refractivity contribution in [2.75, 3.05) is 5.73 Å². The minimum Gasteiger partial charge on any atom is -0.374 e. The van der Waals surface area contributed by atoms with E-state index in [0.29, 0.717) is 21.4 Å². The van der Waals surface area contributed by atoms with Crippen LogP contribution >= 0.6 is 11.3 Å². The lowest BCUT2D eigenvalue weighted by Crippen LogP contribution is -1.83. The first-order chi connectivity index (χ1) is 6.79. The van der Waals surface area contributed by atoms with Gasteiger partial charge in [-0.3, -0.25) is 4.98 Å². The standard InChI is InChI=1S/C8H5N5S/c9-3-5-1-2-6(11-4-5)7-12-13-8(10)14-7/h1-2,4H,(H2,10,13). The molecule has 2 heterocycles. The number of pyridine rings is 1. The van der Waals surface area contributed by atoms with E-state index in [9.17, 15) is 0 Å². The Morgan fingerprint density at radius 2 is 2.21 bits per heavy atom. The average Bonchev–Trinajstić information content (AvgIpc) is 2.65. The zero-order valence-electron chi connectivity index (χ0n) is 7.01. The summed E-state index contributed by atoms with van der Waals surface area (Å²) in [5.41, 5.74) is 6.64. The Balaban J connectivity index is 2.39. The first-order valence-electron chi connectivity index (χ1n) is 3.75. The van der Waals surface area contributed by atoms with E-state index in [0.717, 1.165) is 0 Å². The number of anilines is 1. The molecule has 0 unspecified atom stereocenters. The van der Waals surface area contributed by atoms with Crippen molar-refractivity contribution < 1.29 is 0 Å². The Hall–Kier alpha value is -2.00. The molecule has 0 bridgehead atoms. The molecule has 0 saturated carbocycles. The van der Waals surface area contributed by atoms with Gasteiger partial charge in [0.25, 0.3) is 0 Å². The van der Waals surface area contributed by atoms with E-state index in [2.05, 4.69) is 15.2 Å². The van der Waals surface area contributed by atoms with E-state index in [1.807, 2.05) is 6.07 Å². The largest absolute Gasteiger partial charge is 0.374 e.